The summed E-state index contributed by atoms with van der Waals surface area (Å²) in [5, 5.41) is 11.6. The highest BCUT2D eigenvalue weighted by Gasteiger charge is 2.15. The van der Waals surface area contributed by atoms with E-state index in [9.17, 15) is 9.59 Å². The van der Waals surface area contributed by atoms with E-state index in [1.807, 2.05) is 30.3 Å². The van der Waals surface area contributed by atoms with Gasteiger partial charge in [-0.2, -0.15) is 0 Å². The van der Waals surface area contributed by atoms with Gasteiger partial charge in [-0.25, -0.2) is 0 Å². The van der Waals surface area contributed by atoms with Crippen molar-refractivity contribution in [1.82, 2.24) is 5.32 Å². The van der Waals surface area contributed by atoms with Crippen LogP contribution in [-0.2, 0) is 16.0 Å². The molecule has 0 radical (unpaired) electrons. The third-order valence-corrected chi connectivity index (χ3v) is 2.31. The fourth-order valence-corrected chi connectivity index (χ4v) is 1.46. The highest BCUT2D eigenvalue weighted by Crippen LogP contribution is 2.05. The summed E-state index contributed by atoms with van der Waals surface area (Å²) >= 11 is 0. The van der Waals surface area contributed by atoms with Gasteiger partial charge in [0, 0.05) is 0 Å². The second kappa shape index (κ2) is 6.74. The molecule has 0 saturated carbocycles. The van der Waals surface area contributed by atoms with Gasteiger partial charge in [0.15, 0.2) is 0 Å². The minimum atomic E-state index is -0.919. The highest BCUT2D eigenvalue weighted by molar-refractivity contribution is 5.74. The molecule has 1 atom stereocenters. The van der Waals surface area contributed by atoms with Crippen LogP contribution in [0.5, 0.6) is 0 Å². The summed E-state index contributed by atoms with van der Waals surface area (Å²) in [7, 11) is 0. The molecule has 4 nitrogen and oxygen atoms in total. The molecule has 0 heterocycles. The average molecular weight is 221 g/mol. The molecule has 86 valence electrons. The van der Waals surface area contributed by atoms with Crippen molar-refractivity contribution in [2.24, 2.45) is 0 Å². The number of carboxylic acid groups (broad SMARTS) is 1. The molecule has 1 rings (SSSR count). The monoisotopic (exact) mass is 221 g/mol. The van der Waals surface area contributed by atoms with Gasteiger partial charge in [0.2, 0.25) is 0 Å². The Morgan fingerprint density at radius 3 is 2.62 bits per heavy atom. The van der Waals surface area contributed by atoms with Crippen LogP contribution in [0, 0.1) is 0 Å². The first-order valence-electron chi connectivity index (χ1n) is 5.18. The lowest BCUT2D eigenvalue weighted by atomic mass is 10.1. The Morgan fingerprint density at radius 2 is 2.06 bits per heavy atom. The van der Waals surface area contributed by atoms with Crippen molar-refractivity contribution in [3.63, 3.8) is 0 Å². The first-order chi connectivity index (χ1) is 7.74. The molecule has 2 N–H and O–H groups in total. The summed E-state index contributed by atoms with van der Waals surface area (Å²) in [5.74, 6) is -0.919. The van der Waals surface area contributed by atoms with Crippen LogP contribution >= 0.6 is 0 Å². The van der Waals surface area contributed by atoms with Gasteiger partial charge in [-0.05, 0) is 18.4 Å². The van der Waals surface area contributed by atoms with Crippen LogP contribution in [0.15, 0.2) is 30.3 Å². The fraction of sp³-hybridized carbons (Fsp3) is 0.333. The summed E-state index contributed by atoms with van der Waals surface area (Å²) in [4.78, 5) is 21.0. The summed E-state index contributed by atoms with van der Waals surface area (Å²) in [6.07, 6.45) is 1.83. The van der Waals surface area contributed by atoms with Gasteiger partial charge in [0.05, 0.1) is 6.54 Å². The van der Waals surface area contributed by atoms with Crippen molar-refractivity contribution in [1.29, 1.82) is 0 Å². The number of aliphatic carboxylic acids is 1. The summed E-state index contributed by atoms with van der Waals surface area (Å²) in [5.41, 5.74) is 1.10. The second-order valence-electron chi connectivity index (χ2n) is 3.49. The predicted octanol–water partition coefficient (Wildman–Crippen LogP) is 0.861. The zero-order valence-electron chi connectivity index (χ0n) is 8.93. The zero-order chi connectivity index (χ0) is 11.8. The van der Waals surface area contributed by atoms with Crippen molar-refractivity contribution in [3.05, 3.63) is 35.9 Å². The van der Waals surface area contributed by atoms with Gasteiger partial charge >= 0.3 is 5.97 Å². The van der Waals surface area contributed by atoms with Crippen LogP contribution in [0.4, 0.5) is 0 Å². The van der Waals surface area contributed by atoms with Crippen LogP contribution in [0.3, 0.4) is 0 Å². The normalized spacial score (nSPS) is 12.0. The number of benzene rings is 1. The SMILES string of the molecule is O=CCNC(CCc1ccccc1)C(=O)O. The molecule has 1 unspecified atom stereocenters. The number of aryl methyl sites for hydroxylation is 1. The van der Waals surface area contributed by atoms with Gasteiger partial charge in [-0.1, -0.05) is 30.3 Å². The van der Waals surface area contributed by atoms with Crippen LogP contribution < -0.4 is 5.32 Å². The van der Waals surface area contributed by atoms with Crippen molar-refractivity contribution in [2.45, 2.75) is 18.9 Å². The Bertz CT molecular complexity index is 337. The van der Waals surface area contributed by atoms with E-state index in [0.717, 1.165) is 5.56 Å². The van der Waals surface area contributed by atoms with Gasteiger partial charge in [0.1, 0.15) is 12.3 Å². The number of aldehydes is 1. The van der Waals surface area contributed by atoms with E-state index >= 15 is 0 Å². The predicted molar refractivity (Wildman–Crippen MR) is 60.3 cm³/mol. The van der Waals surface area contributed by atoms with E-state index < -0.39 is 12.0 Å². The van der Waals surface area contributed by atoms with Crippen molar-refractivity contribution >= 4 is 12.3 Å². The molecule has 0 aliphatic rings. The quantitative estimate of drug-likeness (QED) is 0.670. The fourth-order valence-electron chi connectivity index (χ4n) is 1.46. The Kier molecular flexibility index (Phi) is 5.22. The first-order valence-corrected chi connectivity index (χ1v) is 5.18. The van der Waals surface area contributed by atoms with Gasteiger partial charge in [-0.3, -0.25) is 10.1 Å². The van der Waals surface area contributed by atoms with Crippen molar-refractivity contribution in [2.75, 3.05) is 6.54 Å². The molecular weight excluding hydrogens is 206 g/mol. The van der Waals surface area contributed by atoms with Gasteiger partial charge in [-0.15, -0.1) is 0 Å². The number of carbonyl (C=O) groups is 2. The molecule has 1 aromatic rings. The average Bonchev–Trinajstić information content (AvgIpc) is 2.30. The number of hydrogen-bond donors (Lipinski definition) is 2. The first kappa shape index (κ1) is 12.4. The minimum absolute atomic E-state index is 0.0752. The molecule has 1 aromatic carbocycles. The largest absolute Gasteiger partial charge is 0.480 e. The van der Waals surface area contributed by atoms with Crippen LogP contribution in [-0.4, -0.2) is 29.9 Å². The number of carboxylic acids is 1. The molecule has 4 heteroatoms. The summed E-state index contributed by atoms with van der Waals surface area (Å²) in [6.45, 7) is 0.0752. The van der Waals surface area contributed by atoms with E-state index in [4.69, 9.17) is 5.11 Å². The Balaban J connectivity index is 2.43. The van der Waals surface area contributed by atoms with E-state index in [1.54, 1.807) is 0 Å². The molecule has 0 aliphatic carbocycles. The standard InChI is InChI=1S/C12H15NO3/c14-9-8-13-11(12(15)16)7-6-10-4-2-1-3-5-10/h1-5,9,11,13H,6-8H2,(H,15,16). The molecule has 0 bridgehead atoms. The molecule has 0 saturated heterocycles. The maximum atomic E-state index is 10.8. The second-order valence-corrected chi connectivity index (χ2v) is 3.49. The van der Waals surface area contributed by atoms with Gasteiger partial charge in [0.25, 0.3) is 0 Å². The molecule has 0 aliphatic heterocycles. The molecule has 16 heavy (non-hydrogen) atoms. The molecular formula is C12H15NO3. The maximum Gasteiger partial charge on any atom is 0.320 e. The summed E-state index contributed by atoms with van der Waals surface area (Å²) < 4.78 is 0. The number of carbonyl (C=O) groups excluding carboxylic acids is 1. The molecule has 0 aromatic heterocycles. The van der Waals surface area contributed by atoms with E-state index in [0.29, 0.717) is 19.1 Å². The van der Waals surface area contributed by atoms with Crippen LogP contribution in [0.25, 0.3) is 0 Å². The molecule has 0 amide bonds. The third kappa shape index (κ3) is 4.23. The van der Waals surface area contributed by atoms with Crippen LogP contribution in [0.1, 0.15) is 12.0 Å². The highest BCUT2D eigenvalue weighted by atomic mass is 16.4. The van der Waals surface area contributed by atoms with Crippen molar-refractivity contribution < 1.29 is 14.7 Å². The lowest BCUT2D eigenvalue weighted by Gasteiger charge is -2.12. The maximum absolute atomic E-state index is 10.8. The van der Waals surface area contributed by atoms with E-state index in [2.05, 4.69) is 5.32 Å². The lowest BCUT2D eigenvalue weighted by Crippen LogP contribution is -2.38. The lowest BCUT2D eigenvalue weighted by molar-refractivity contribution is -0.139. The van der Waals surface area contributed by atoms with Crippen molar-refractivity contribution in [3.8, 4) is 0 Å². The summed E-state index contributed by atoms with van der Waals surface area (Å²) in [6, 6.07) is 9.01. The topological polar surface area (TPSA) is 66.4 Å². The number of hydrogen-bond acceptors (Lipinski definition) is 3. The molecule has 0 spiro atoms. The zero-order valence-corrected chi connectivity index (χ0v) is 8.93. The molecule has 0 fully saturated rings. The Morgan fingerprint density at radius 1 is 1.38 bits per heavy atom. The number of nitrogens with one attached hydrogen (secondary N) is 1. The Labute approximate surface area is 94.3 Å². The van der Waals surface area contributed by atoms with Gasteiger partial charge < -0.3 is 9.90 Å². The van der Waals surface area contributed by atoms with E-state index in [-0.39, 0.29) is 6.54 Å². The smallest absolute Gasteiger partial charge is 0.320 e. The van der Waals surface area contributed by atoms with Crippen LogP contribution in [0.2, 0.25) is 0 Å². The van der Waals surface area contributed by atoms with E-state index in [1.165, 1.54) is 0 Å². The number of rotatable bonds is 7. The Hall–Kier alpha value is -1.68. The third-order valence-electron chi connectivity index (χ3n) is 2.31. The minimum Gasteiger partial charge on any atom is -0.480 e.